The van der Waals surface area contributed by atoms with Crippen molar-refractivity contribution in [3.05, 3.63) is 17.8 Å². The Bertz CT molecular complexity index is 848. The molecule has 0 spiro atoms. The van der Waals surface area contributed by atoms with Gasteiger partial charge in [0, 0.05) is 12.6 Å². The molecule has 0 radical (unpaired) electrons. The largest absolute Gasteiger partial charge is 0.383 e. The predicted octanol–water partition coefficient (Wildman–Crippen LogP) is 1.19. The van der Waals surface area contributed by atoms with Gasteiger partial charge in [0.1, 0.15) is 5.82 Å². The van der Waals surface area contributed by atoms with Crippen molar-refractivity contribution in [1.82, 2.24) is 9.88 Å². The number of aromatic nitrogens is 1. The van der Waals surface area contributed by atoms with E-state index in [1.165, 1.54) is 6.20 Å². The first-order chi connectivity index (χ1) is 13.2. The zero-order valence-electron chi connectivity index (χ0n) is 16.3. The van der Waals surface area contributed by atoms with Crippen LogP contribution in [0.4, 0.5) is 11.5 Å². The Kier molecular flexibility index (Phi) is 4.13. The van der Waals surface area contributed by atoms with Gasteiger partial charge in [-0.25, -0.2) is 4.98 Å². The van der Waals surface area contributed by atoms with Crippen LogP contribution < -0.4 is 16.8 Å². The smallest absolute Gasteiger partial charge is 0.313 e. The van der Waals surface area contributed by atoms with Gasteiger partial charge >= 0.3 is 11.8 Å². The van der Waals surface area contributed by atoms with Gasteiger partial charge in [-0.3, -0.25) is 14.4 Å². The molecule has 8 heteroatoms. The lowest BCUT2D eigenvalue weighted by Gasteiger charge is -2.73. The zero-order valence-corrected chi connectivity index (χ0v) is 16.3. The van der Waals surface area contributed by atoms with Crippen LogP contribution in [0.2, 0.25) is 0 Å². The van der Waals surface area contributed by atoms with Crippen molar-refractivity contribution in [3.8, 4) is 0 Å². The maximum atomic E-state index is 13.0. The van der Waals surface area contributed by atoms with E-state index in [2.05, 4.69) is 17.2 Å². The molecule has 2 heterocycles. The average Bonchev–Trinajstić information content (AvgIpc) is 2.56. The highest BCUT2D eigenvalue weighted by Gasteiger charge is 2.74. The van der Waals surface area contributed by atoms with E-state index in [0.29, 0.717) is 24.0 Å². The number of likely N-dealkylation sites (tertiary alicyclic amines) is 1. The van der Waals surface area contributed by atoms with Crippen LogP contribution in [0.15, 0.2) is 12.3 Å². The van der Waals surface area contributed by atoms with Gasteiger partial charge in [0.05, 0.1) is 17.3 Å². The number of pyridine rings is 1. The van der Waals surface area contributed by atoms with E-state index in [1.807, 2.05) is 0 Å². The average molecular weight is 385 g/mol. The molecule has 1 aromatic rings. The van der Waals surface area contributed by atoms with Gasteiger partial charge in [-0.2, -0.15) is 0 Å². The lowest BCUT2D eigenvalue weighted by atomic mass is 9.32. The third-order valence-electron chi connectivity index (χ3n) is 6.95. The van der Waals surface area contributed by atoms with Crippen molar-refractivity contribution in [2.45, 2.75) is 52.0 Å². The van der Waals surface area contributed by atoms with E-state index in [4.69, 9.17) is 11.5 Å². The second-order valence-corrected chi connectivity index (χ2v) is 9.07. The summed E-state index contributed by atoms with van der Waals surface area (Å²) >= 11 is 0. The Labute approximate surface area is 164 Å². The molecule has 4 aliphatic rings. The molecule has 3 saturated carbocycles. The summed E-state index contributed by atoms with van der Waals surface area (Å²) in [6.07, 6.45) is 5.53. The van der Waals surface area contributed by atoms with Crippen molar-refractivity contribution in [2.24, 2.45) is 22.5 Å². The Balaban J connectivity index is 1.48. The van der Waals surface area contributed by atoms with Gasteiger partial charge in [0.25, 0.3) is 0 Å². The fourth-order valence-electron chi connectivity index (χ4n) is 5.46. The van der Waals surface area contributed by atoms with Crippen molar-refractivity contribution < 1.29 is 14.4 Å². The lowest BCUT2D eigenvalue weighted by Crippen LogP contribution is -2.74. The summed E-state index contributed by atoms with van der Waals surface area (Å²) in [5.41, 5.74) is 12.0. The van der Waals surface area contributed by atoms with Crippen LogP contribution in [0.3, 0.4) is 0 Å². The summed E-state index contributed by atoms with van der Waals surface area (Å²) in [7, 11) is 0. The summed E-state index contributed by atoms with van der Waals surface area (Å²) in [4.78, 5) is 43.1. The monoisotopic (exact) mass is 385 g/mol. The normalized spacial score (nSPS) is 33.4. The molecule has 2 atom stereocenters. The van der Waals surface area contributed by atoms with Gasteiger partial charge in [-0.15, -0.1) is 0 Å². The Morgan fingerprint density at radius 2 is 1.93 bits per heavy atom. The van der Waals surface area contributed by atoms with E-state index in [1.54, 1.807) is 17.9 Å². The fraction of sp³-hybridized carbons (Fsp3) is 0.600. The minimum atomic E-state index is -0.665. The van der Waals surface area contributed by atoms with E-state index in [0.717, 1.165) is 37.7 Å². The number of nitrogens with one attached hydrogen (secondary N) is 1. The minimum Gasteiger partial charge on any atom is -0.383 e. The highest BCUT2D eigenvalue weighted by Crippen LogP contribution is 2.75. The number of anilines is 2. The predicted molar refractivity (Wildman–Crippen MR) is 104 cm³/mol. The number of aryl methyl sites for hydroxylation is 1. The van der Waals surface area contributed by atoms with Crippen LogP contribution in [-0.4, -0.2) is 40.2 Å². The zero-order chi connectivity index (χ0) is 20.3. The minimum absolute atomic E-state index is 0.00514. The van der Waals surface area contributed by atoms with Gasteiger partial charge in [0.2, 0.25) is 5.91 Å². The van der Waals surface area contributed by atoms with Gasteiger partial charge in [0.15, 0.2) is 0 Å². The number of hydrogen-bond donors (Lipinski definition) is 3. The molecule has 3 aliphatic carbocycles. The van der Waals surface area contributed by atoms with Crippen LogP contribution in [-0.2, 0) is 14.4 Å². The highest BCUT2D eigenvalue weighted by molar-refractivity contribution is 6.39. The first kappa shape index (κ1) is 18.7. The van der Waals surface area contributed by atoms with Gasteiger partial charge in [-0.1, -0.05) is 6.92 Å². The molecule has 0 unspecified atom stereocenters. The third kappa shape index (κ3) is 2.73. The van der Waals surface area contributed by atoms with E-state index in [-0.39, 0.29) is 22.8 Å². The van der Waals surface area contributed by atoms with Crippen LogP contribution in [0, 0.1) is 23.7 Å². The molecule has 1 aromatic heterocycles. The quantitative estimate of drug-likeness (QED) is 0.673. The maximum absolute atomic E-state index is 13.0. The van der Waals surface area contributed by atoms with Crippen molar-refractivity contribution in [2.75, 3.05) is 17.6 Å². The molecule has 4 fully saturated rings. The first-order valence-electron chi connectivity index (χ1n) is 9.80. The number of nitrogen functional groups attached to an aromatic ring is 1. The van der Waals surface area contributed by atoms with Crippen molar-refractivity contribution in [1.29, 1.82) is 0 Å². The molecule has 1 aliphatic heterocycles. The number of primary amides is 1. The van der Waals surface area contributed by atoms with E-state index in [9.17, 15) is 14.4 Å². The molecule has 5 rings (SSSR count). The van der Waals surface area contributed by atoms with Gasteiger partial charge < -0.3 is 21.7 Å². The summed E-state index contributed by atoms with van der Waals surface area (Å²) in [5, 5.41) is 2.65. The number of amides is 3. The maximum Gasteiger partial charge on any atom is 0.313 e. The Hall–Kier alpha value is -2.64. The molecule has 1 saturated heterocycles. The summed E-state index contributed by atoms with van der Waals surface area (Å²) in [6, 6.07) is 1.69. The van der Waals surface area contributed by atoms with Gasteiger partial charge in [-0.05, 0) is 62.0 Å². The molecular weight excluding hydrogens is 358 g/mol. The second-order valence-electron chi connectivity index (χ2n) is 9.07. The number of carbonyl (C=O) groups is 3. The molecule has 8 nitrogen and oxygen atoms in total. The summed E-state index contributed by atoms with van der Waals surface area (Å²) in [6.45, 7) is 4.44. The molecule has 28 heavy (non-hydrogen) atoms. The third-order valence-corrected chi connectivity index (χ3v) is 6.95. The number of nitrogens with two attached hydrogens (primary N) is 2. The van der Waals surface area contributed by atoms with E-state index < -0.39 is 11.8 Å². The second kappa shape index (κ2) is 6.18. The molecule has 150 valence electrons. The fourth-order valence-corrected chi connectivity index (χ4v) is 5.46. The Morgan fingerprint density at radius 1 is 1.25 bits per heavy atom. The van der Waals surface area contributed by atoms with E-state index >= 15 is 0 Å². The number of carbonyl (C=O) groups excluding carboxylic acids is 3. The number of nitrogens with zero attached hydrogens (tertiary/aromatic N) is 2. The lowest BCUT2D eigenvalue weighted by molar-refractivity contribution is -0.235. The number of piperidine rings is 1. The first-order valence-corrected chi connectivity index (χ1v) is 9.80. The van der Waals surface area contributed by atoms with Crippen LogP contribution in [0.1, 0.15) is 44.6 Å². The highest BCUT2D eigenvalue weighted by atomic mass is 16.2. The van der Waals surface area contributed by atoms with Crippen LogP contribution in [0.5, 0.6) is 0 Å². The van der Waals surface area contributed by atoms with Crippen molar-refractivity contribution >= 4 is 29.2 Å². The molecular formula is C20H27N5O3. The van der Waals surface area contributed by atoms with Crippen molar-refractivity contribution in [3.63, 3.8) is 0 Å². The molecule has 5 N–H and O–H groups in total. The Morgan fingerprint density at radius 3 is 2.54 bits per heavy atom. The summed E-state index contributed by atoms with van der Waals surface area (Å²) in [5.74, 6) is -0.697. The molecule has 0 aromatic carbocycles. The number of hydrogen-bond acceptors (Lipinski definition) is 5. The molecule has 2 bridgehead atoms. The summed E-state index contributed by atoms with van der Waals surface area (Å²) < 4.78 is 0. The van der Waals surface area contributed by atoms with Crippen LogP contribution in [0.25, 0.3) is 0 Å². The number of rotatable bonds is 3. The SMILES string of the molecule is Cc1cc(NC(=O)C(=O)N2C[C@@H](C)CC[C@H]2C23CC(C(N)=O)(C2)C3)cnc1N. The standard InChI is InChI=1S/C20H27N5O3/c1-11-3-4-14(19-8-20(9-19,10-19)18(22)28)25(7-11)17(27)16(26)24-13-5-12(2)15(21)23-6-13/h5-6,11,14H,3-4,7-10H2,1-2H3,(H2,21,23)(H2,22,28)(H,24,26)/t11-,14-,19?,20?/m0/s1. The van der Waals surface area contributed by atoms with Crippen LogP contribution >= 0.6 is 0 Å². The molecule has 3 amide bonds. The topological polar surface area (TPSA) is 131 Å².